The topological polar surface area (TPSA) is 26.0 Å². The highest BCUT2D eigenvalue weighted by Gasteiger charge is 2.35. The second-order valence-electron chi connectivity index (χ2n) is 4.44. The van der Waals surface area contributed by atoms with E-state index in [1.54, 1.807) is 0 Å². The number of hydrogen-bond donors (Lipinski definition) is 1. The van der Waals surface area contributed by atoms with Gasteiger partial charge in [0.15, 0.2) is 0 Å². The van der Waals surface area contributed by atoms with Crippen LogP contribution in [-0.2, 0) is 6.18 Å². The zero-order valence-electron chi connectivity index (χ0n) is 9.68. The van der Waals surface area contributed by atoms with Gasteiger partial charge in [-0.2, -0.15) is 13.2 Å². The third-order valence-corrected chi connectivity index (χ3v) is 2.46. The molecule has 0 aliphatic heterocycles. The monoisotopic (exact) mass is 249 g/mol. The van der Waals surface area contributed by atoms with Crippen molar-refractivity contribution in [3.05, 3.63) is 35.1 Å². The van der Waals surface area contributed by atoms with E-state index in [4.69, 9.17) is 5.73 Å². The van der Waals surface area contributed by atoms with Crippen LogP contribution in [-0.4, -0.2) is 0 Å². The SMILES string of the molecule is CC(C)C[C@H](N)c1cccc(C(F)(F)F)c1F. The summed E-state index contributed by atoms with van der Waals surface area (Å²) in [6.45, 7) is 3.76. The van der Waals surface area contributed by atoms with Gasteiger partial charge in [-0.05, 0) is 18.4 Å². The van der Waals surface area contributed by atoms with Crippen LogP contribution in [0.1, 0.15) is 37.4 Å². The first-order valence-electron chi connectivity index (χ1n) is 5.34. The minimum atomic E-state index is -4.68. The Morgan fingerprint density at radius 1 is 1.24 bits per heavy atom. The van der Waals surface area contributed by atoms with Crippen LogP contribution >= 0.6 is 0 Å². The van der Waals surface area contributed by atoms with Crippen molar-refractivity contribution in [1.29, 1.82) is 0 Å². The molecule has 0 fully saturated rings. The molecule has 1 rings (SSSR count). The van der Waals surface area contributed by atoms with Gasteiger partial charge in [-0.3, -0.25) is 0 Å². The van der Waals surface area contributed by atoms with E-state index in [1.165, 1.54) is 12.1 Å². The summed E-state index contributed by atoms with van der Waals surface area (Å²) in [5.41, 5.74) is 4.37. The average molecular weight is 249 g/mol. The Hall–Kier alpha value is -1.10. The standard InChI is InChI=1S/C12H15F4N/c1-7(2)6-10(17)8-4-3-5-9(11(8)13)12(14,15)16/h3-5,7,10H,6,17H2,1-2H3/t10-/m0/s1. The molecule has 0 saturated heterocycles. The summed E-state index contributed by atoms with van der Waals surface area (Å²) >= 11 is 0. The molecule has 5 heteroatoms. The maximum absolute atomic E-state index is 13.7. The van der Waals surface area contributed by atoms with Crippen LogP contribution in [0, 0.1) is 11.7 Å². The lowest BCUT2D eigenvalue weighted by Crippen LogP contribution is -2.17. The number of alkyl halides is 3. The maximum atomic E-state index is 13.7. The molecular formula is C12H15F4N. The van der Waals surface area contributed by atoms with Crippen LogP contribution in [0.5, 0.6) is 0 Å². The molecule has 1 nitrogen and oxygen atoms in total. The van der Waals surface area contributed by atoms with Crippen molar-refractivity contribution in [3.63, 3.8) is 0 Å². The van der Waals surface area contributed by atoms with Gasteiger partial charge < -0.3 is 5.73 Å². The smallest absolute Gasteiger partial charge is 0.324 e. The van der Waals surface area contributed by atoms with Crippen molar-refractivity contribution in [3.8, 4) is 0 Å². The molecule has 0 aliphatic carbocycles. The van der Waals surface area contributed by atoms with E-state index >= 15 is 0 Å². The summed E-state index contributed by atoms with van der Waals surface area (Å²) < 4.78 is 51.1. The Morgan fingerprint density at radius 3 is 2.29 bits per heavy atom. The summed E-state index contributed by atoms with van der Waals surface area (Å²) in [5.74, 6) is -1.06. The van der Waals surface area contributed by atoms with Gasteiger partial charge in [-0.25, -0.2) is 4.39 Å². The molecule has 0 unspecified atom stereocenters. The van der Waals surface area contributed by atoms with Gasteiger partial charge in [0.25, 0.3) is 0 Å². The van der Waals surface area contributed by atoms with E-state index < -0.39 is 23.6 Å². The number of benzene rings is 1. The number of halogens is 4. The van der Waals surface area contributed by atoms with Gasteiger partial charge in [0.2, 0.25) is 0 Å². The van der Waals surface area contributed by atoms with E-state index in [2.05, 4.69) is 0 Å². The molecule has 0 bridgehead atoms. The van der Waals surface area contributed by atoms with Crippen molar-refractivity contribution in [1.82, 2.24) is 0 Å². The van der Waals surface area contributed by atoms with Gasteiger partial charge in [0.1, 0.15) is 5.82 Å². The lowest BCUT2D eigenvalue weighted by molar-refractivity contribution is -0.140. The fourth-order valence-corrected chi connectivity index (χ4v) is 1.69. The third-order valence-electron chi connectivity index (χ3n) is 2.46. The van der Waals surface area contributed by atoms with E-state index in [0.717, 1.165) is 6.07 Å². The molecule has 96 valence electrons. The highest BCUT2D eigenvalue weighted by Crippen LogP contribution is 2.34. The minimum absolute atomic E-state index is 0.0754. The summed E-state index contributed by atoms with van der Waals surface area (Å²) in [6, 6.07) is 2.50. The molecular weight excluding hydrogens is 234 g/mol. The van der Waals surface area contributed by atoms with Gasteiger partial charge in [0, 0.05) is 11.6 Å². The van der Waals surface area contributed by atoms with Crippen molar-refractivity contribution in [2.75, 3.05) is 0 Å². The molecule has 0 aromatic heterocycles. The minimum Gasteiger partial charge on any atom is -0.324 e. The summed E-state index contributed by atoms with van der Waals surface area (Å²) in [4.78, 5) is 0. The quantitative estimate of drug-likeness (QED) is 0.808. The normalized spacial score (nSPS) is 14.1. The Balaban J connectivity index is 3.10. The Bertz CT molecular complexity index is 385. The van der Waals surface area contributed by atoms with E-state index in [0.29, 0.717) is 6.42 Å². The highest BCUT2D eigenvalue weighted by molar-refractivity contribution is 5.30. The first-order chi connectivity index (χ1) is 7.73. The fourth-order valence-electron chi connectivity index (χ4n) is 1.69. The fraction of sp³-hybridized carbons (Fsp3) is 0.500. The predicted molar refractivity (Wildman–Crippen MR) is 57.8 cm³/mol. The molecule has 17 heavy (non-hydrogen) atoms. The molecule has 0 spiro atoms. The second kappa shape index (κ2) is 5.04. The number of nitrogens with two attached hydrogens (primary N) is 1. The van der Waals surface area contributed by atoms with E-state index in [-0.39, 0.29) is 11.5 Å². The van der Waals surface area contributed by atoms with E-state index in [9.17, 15) is 17.6 Å². The molecule has 1 aromatic rings. The zero-order chi connectivity index (χ0) is 13.2. The van der Waals surface area contributed by atoms with Crippen molar-refractivity contribution >= 4 is 0 Å². The average Bonchev–Trinajstić information content (AvgIpc) is 2.14. The van der Waals surface area contributed by atoms with Crippen LogP contribution in [0.3, 0.4) is 0 Å². The molecule has 0 aliphatic rings. The van der Waals surface area contributed by atoms with Crippen molar-refractivity contribution in [2.24, 2.45) is 11.7 Å². The Morgan fingerprint density at radius 2 is 1.82 bits per heavy atom. The summed E-state index contributed by atoms with van der Waals surface area (Å²) in [7, 11) is 0. The molecule has 2 N–H and O–H groups in total. The first-order valence-corrected chi connectivity index (χ1v) is 5.34. The molecule has 1 atom stereocenters. The Labute approximate surface area is 97.6 Å². The van der Waals surface area contributed by atoms with Crippen molar-refractivity contribution in [2.45, 2.75) is 32.5 Å². The van der Waals surface area contributed by atoms with Gasteiger partial charge in [-0.15, -0.1) is 0 Å². The lowest BCUT2D eigenvalue weighted by atomic mass is 9.96. The van der Waals surface area contributed by atoms with Gasteiger partial charge in [-0.1, -0.05) is 26.0 Å². The summed E-state index contributed by atoms with van der Waals surface area (Å²) in [6.07, 6.45) is -4.24. The van der Waals surface area contributed by atoms with Gasteiger partial charge >= 0.3 is 6.18 Å². The van der Waals surface area contributed by atoms with E-state index in [1.807, 2.05) is 13.8 Å². The molecule has 0 amide bonds. The van der Waals surface area contributed by atoms with Gasteiger partial charge in [0.05, 0.1) is 5.56 Å². The molecule has 0 heterocycles. The largest absolute Gasteiger partial charge is 0.419 e. The second-order valence-corrected chi connectivity index (χ2v) is 4.44. The van der Waals surface area contributed by atoms with Crippen LogP contribution in [0.15, 0.2) is 18.2 Å². The lowest BCUT2D eigenvalue weighted by Gasteiger charge is -2.17. The van der Waals surface area contributed by atoms with Crippen molar-refractivity contribution < 1.29 is 17.6 Å². The third kappa shape index (κ3) is 3.43. The van der Waals surface area contributed by atoms with Crippen LogP contribution in [0.25, 0.3) is 0 Å². The van der Waals surface area contributed by atoms with Crippen LogP contribution in [0.4, 0.5) is 17.6 Å². The maximum Gasteiger partial charge on any atom is 0.419 e. The van der Waals surface area contributed by atoms with Crippen LogP contribution in [0.2, 0.25) is 0 Å². The van der Waals surface area contributed by atoms with Crippen LogP contribution < -0.4 is 5.73 Å². The molecule has 0 saturated carbocycles. The highest BCUT2D eigenvalue weighted by atomic mass is 19.4. The Kier molecular flexibility index (Phi) is 4.14. The molecule has 1 aromatic carbocycles. The predicted octanol–water partition coefficient (Wildman–Crippen LogP) is 3.89. The zero-order valence-corrected chi connectivity index (χ0v) is 9.68. The first kappa shape index (κ1) is 14.0. The summed E-state index contributed by atoms with van der Waals surface area (Å²) in [5, 5.41) is 0. The molecule has 0 radical (unpaired) electrons. The number of rotatable bonds is 3. The number of hydrogen-bond acceptors (Lipinski definition) is 1.